The van der Waals surface area contributed by atoms with Crippen molar-refractivity contribution in [2.75, 3.05) is 53.4 Å². The van der Waals surface area contributed by atoms with Crippen molar-refractivity contribution >= 4 is 11.3 Å². The lowest BCUT2D eigenvalue weighted by molar-refractivity contribution is 0.0987. The summed E-state index contributed by atoms with van der Waals surface area (Å²) in [6.45, 7) is 9.50. The minimum Gasteiger partial charge on any atom is -0.315 e. The zero-order valence-electron chi connectivity index (χ0n) is 13.3. The Morgan fingerprint density at radius 1 is 1.29 bits per heavy atom. The molecule has 3 rings (SSSR count). The molecule has 2 aliphatic rings. The van der Waals surface area contributed by atoms with Crippen molar-refractivity contribution in [1.82, 2.24) is 20.0 Å². The highest BCUT2D eigenvalue weighted by molar-refractivity contribution is 7.10. The highest BCUT2D eigenvalue weighted by atomic mass is 32.1. The quantitative estimate of drug-likeness (QED) is 0.885. The van der Waals surface area contributed by atoms with Crippen molar-refractivity contribution < 1.29 is 0 Å². The Bertz CT molecular complexity index is 431. The number of rotatable bonds is 5. The van der Waals surface area contributed by atoms with Gasteiger partial charge < -0.3 is 10.2 Å². The van der Waals surface area contributed by atoms with Gasteiger partial charge in [-0.3, -0.25) is 9.80 Å². The van der Waals surface area contributed by atoms with E-state index in [2.05, 4.69) is 45.6 Å². The molecule has 0 spiro atoms. The first kappa shape index (κ1) is 15.4. The van der Waals surface area contributed by atoms with Gasteiger partial charge in [0.25, 0.3) is 0 Å². The number of thiophene rings is 1. The second-order valence-electron chi connectivity index (χ2n) is 6.62. The first-order valence-corrected chi connectivity index (χ1v) is 8.97. The third-order valence-corrected chi connectivity index (χ3v) is 5.51. The van der Waals surface area contributed by atoms with Crippen LogP contribution in [-0.2, 0) is 13.1 Å². The summed E-state index contributed by atoms with van der Waals surface area (Å²) < 4.78 is 0. The highest BCUT2D eigenvalue weighted by Crippen LogP contribution is 2.19. The second-order valence-corrected chi connectivity index (χ2v) is 7.61. The topological polar surface area (TPSA) is 21.8 Å². The molecule has 2 fully saturated rings. The molecule has 0 unspecified atom stereocenters. The smallest absolute Gasteiger partial charge is 0.0329 e. The van der Waals surface area contributed by atoms with Crippen LogP contribution in [0, 0.1) is 0 Å². The predicted molar refractivity (Wildman–Crippen MR) is 89.8 cm³/mol. The van der Waals surface area contributed by atoms with Crippen LogP contribution in [0.5, 0.6) is 0 Å². The minimum absolute atomic E-state index is 0.792. The number of nitrogens with one attached hydrogen (secondary N) is 1. The zero-order chi connectivity index (χ0) is 14.7. The molecule has 2 aliphatic heterocycles. The normalized spacial score (nSPS) is 25.0. The Kier molecular flexibility index (Phi) is 5.29. The lowest BCUT2D eigenvalue weighted by Crippen LogP contribution is -2.50. The molecular formula is C16H28N4S. The molecule has 0 saturated carbocycles. The van der Waals surface area contributed by atoms with Crippen molar-refractivity contribution in [3.8, 4) is 0 Å². The molecule has 0 aliphatic carbocycles. The molecule has 0 radical (unpaired) electrons. The number of nitrogens with zero attached hydrogens (tertiary/aromatic N) is 3. The van der Waals surface area contributed by atoms with Crippen LogP contribution in [0.2, 0.25) is 0 Å². The standard InChI is InChI=1S/C16H28N4S/c1-18(2)11-14-9-16(21-13-14)12-19-5-7-20(8-6-19)15-3-4-17-10-15/h9,13,15,17H,3-8,10-12H2,1-2H3/t15-/m0/s1. The van der Waals surface area contributed by atoms with Gasteiger partial charge in [-0.1, -0.05) is 0 Å². The largest absolute Gasteiger partial charge is 0.315 e. The summed E-state index contributed by atoms with van der Waals surface area (Å²) in [6, 6.07) is 3.18. The number of hydrogen-bond donors (Lipinski definition) is 1. The zero-order valence-corrected chi connectivity index (χ0v) is 14.2. The third-order valence-electron chi connectivity index (χ3n) is 4.54. The van der Waals surface area contributed by atoms with Gasteiger partial charge in [0.15, 0.2) is 0 Å². The van der Waals surface area contributed by atoms with E-state index in [9.17, 15) is 0 Å². The highest BCUT2D eigenvalue weighted by Gasteiger charge is 2.25. The maximum atomic E-state index is 3.48. The predicted octanol–water partition coefficient (Wildman–Crippen LogP) is 1.29. The van der Waals surface area contributed by atoms with Crippen molar-refractivity contribution in [2.45, 2.75) is 25.6 Å². The van der Waals surface area contributed by atoms with E-state index in [-0.39, 0.29) is 0 Å². The van der Waals surface area contributed by atoms with Gasteiger partial charge in [-0.05, 0) is 44.1 Å². The van der Waals surface area contributed by atoms with E-state index in [4.69, 9.17) is 0 Å². The number of hydrogen-bond acceptors (Lipinski definition) is 5. The van der Waals surface area contributed by atoms with Crippen molar-refractivity contribution in [3.05, 3.63) is 21.9 Å². The average Bonchev–Trinajstić information content (AvgIpc) is 3.11. The molecule has 3 heterocycles. The van der Waals surface area contributed by atoms with Crippen LogP contribution in [0.1, 0.15) is 16.9 Å². The van der Waals surface area contributed by atoms with E-state index in [1.807, 2.05) is 11.3 Å². The van der Waals surface area contributed by atoms with Gasteiger partial charge in [-0.15, -0.1) is 11.3 Å². The summed E-state index contributed by atoms with van der Waals surface area (Å²) in [5.74, 6) is 0. The molecule has 0 aromatic carbocycles. The Morgan fingerprint density at radius 3 is 2.76 bits per heavy atom. The number of piperazine rings is 1. The summed E-state index contributed by atoms with van der Waals surface area (Å²) in [5.41, 5.74) is 1.45. The molecule has 2 saturated heterocycles. The van der Waals surface area contributed by atoms with E-state index >= 15 is 0 Å². The Labute approximate surface area is 132 Å². The fourth-order valence-corrected chi connectivity index (χ4v) is 4.34. The molecule has 4 nitrogen and oxygen atoms in total. The maximum absolute atomic E-state index is 3.48. The summed E-state index contributed by atoms with van der Waals surface area (Å²) in [5, 5.41) is 5.80. The van der Waals surface area contributed by atoms with Crippen molar-refractivity contribution in [1.29, 1.82) is 0 Å². The van der Waals surface area contributed by atoms with Crippen molar-refractivity contribution in [2.24, 2.45) is 0 Å². The first-order valence-electron chi connectivity index (χ1n) is 8.09. The summed E-state index contributed by atoms with van der Waals surface area (Å²) >= 11 is 1.92. The molecule has 5 heteroatoms. The van der Waals surface area contributed by atoms with Gasteiger partial charge in [-0.2, -0.15) is 0 Å². The van der Waals surface area contributed by atoms with Gasteiger partial charge >= 0.3 is 0 Å². The Morgan fingerprint density at radius 2 is 2.10 bits per heavy atom. The van der Waals surface area contributed by atoms with Crippen LogP contribution < -0.4 is 5.32 Å². The molecule has 1 N–H and O–H groups in total. The Hall–Kier alpha value is -0.460. The molecule has 1 aromatic rings. The van der Waals surface area contributed by atoms with Crippen LogP contribution in [-0.4, -0.2) is 74.1 Å². The van der Waals surface area contributed by atoms with E-state index < -0.39 is 0 Å². The maximum Gasteiger partial charge on any atom is 0.0329 e. The monoisotopic (exact) mass is 308 g/mol. The van der Waals surface area contributed by atoms with Crippen LogP contribution in [0.25, 0.3) is 0 Å². The van der Waals surface area contributed by atoms with Crippen LogP contribution in [0.3, 0.4) is 0 Å². The average molecular weight is 308 g/mol. The van der Waals surface area contributed by atoms with Crippen LogP contribution >= 0.6 is 11.3 Å². The SMILES string of the molecule is CN(C)Cc1csc(CN2CCN([C@H]3CCNC3)CC2)c1. The second kappa shape index (κ2) is 7.20. The molecule has 1 aromatic heterocycles. The van der Waals surface area contributed by atoms with Crippen molar-refractivity contribution in [3.63, 3.8) is 0 Å². The fraction of sp³-hybridized carbons (Fsp3) is 0.750. The van der Waals surface area contributed by atoms with Crippen LogP contribution in [0.15, 0.2) is 11.4 Å². The molecule has 21 heavy (non-hydrogen) atoms. The summed E-state index contributed by atoms with van der Waals surface area (Å²) in [4.78, 5) is 9.05. The molecule has 118 valence electrons. The molecular weight excluding hydrogens is 280 g/mol. The first-order chi connectivity index (χ1) is 10.2. The lowest BCUT2D eigenvalue weighted by Gasteiger charge is -2.37. The van der Waals surface area contributed by atoms with Gasteiger partial charge in [0.05, 0.1) is 0 Å². The Balaban J connectivity index is 1.45. The molecule has 0 amide bonds. The minimum atomic E-state index is 0.792. The van der Waals surface area contributed by atoms with E-state index in [1.54, 1.807) is 0 Å². The van der Waals surface area contributed by atoms with E-state index in [0.29, 0.717) is 0 Å². The van der Waals surface area contributed by atoms with Gasteiger partial charge in [0, 0.05) is 56.7 Å². The summed E-state index contributed by atoms with van der Waals surface area (Å²) in [7, 11) is 4.27. The van der Waals surface area contributed by atoms with E-state index in [1.165, 1.54) is 56.1 Å². The third kappa shape index (κ3) is 4.27. The van der Waals surface area contributed by atoms with Crippen LogP contribution in [0.4, 0.5) is 0 Å². The van der Waals surface area contributed by atoms with Gasteiger partial charge in [0.1, 0.15) is 0 Å². The molecule has 1 atom stereocenters. The van der Waals surface area contributed by atoms with Gasteiger partial charge in [-0.25, -0.2) is 0 Å². The molecule has 0 bridgehead atoms. The van der Waals surface area contributed by atoms with Gasteiger partial charge in [0.2, 0.25) is 0 Å². The lowest BCUT2D eigenvalue weighted by atomic mass is 10.2. The summed E-state index contributed by atoms with van der Waals surface area (Å²) in [6.07, 6.45) is 1.33. The van der Waals surface area contributed by atoms with E-state index in [0.717, 1.165) is 19.1 Å². The fourth-order valence-electron chi connectivity index (χ4n) is 3.42.